The Kier molecular flexibility index (Phi) is 6.29. The number of thioether (sulfide) groups is 1. The fourth-order valence-electron chi connectivity index (χ4n) is 3.72. The van der Waals surface area contributed by atoms with Gasteiger partial charge in [0, 0.05) is 17.3 Å². The quantitative estimate of drug-likeness (QED) is 0.219. The van der Waals surface area contributed by atoms with E-state index in [1.165, 1.54) is 0 Å². The number of aromatic nitrogens is 2. The Morgan fingerprint density at radius 1 is 0.941 bits per heavy atom. The SMILES string of the molecule is CCOc1ccc(N2C(=O)S/C(=C\c3cn(-c4ccccc4)nc3-c3ccccc3)C2=S)cc1. The first-order valence-corrected chi connectivity index (χ1v) is 12.1. The molecule has 0 atom stereocenters. The summed E-state index contributed by atoms with van der Waals surface area (Å²) in [5.41, 5.74) is 4.39. The van der Waals surface area contributed by atoms with Crippen LogP contribution in [0.5, 0.6) is 5.75 Å². The van der Waals surface area contributed by atoms with Gasteiger partial charge in [-0.15, -0.1) is 0 Å². The number of thiocarbonyl (C=S) groups is 1. The topological polar surface area (TPSA) is 47.4 Å². The lowest BCUT2D eigenvalue weighted by Crippen LogP contribution is -2.26. The molecule has 1 saturated heterocycles. The van der Waals surface area contributed by atoms with Gasteiger partial charge in [-0.05, 0) is 61.2 Å². The van der Waals surface area contributed by atoms with Crippen LogP contribution in [0.2, 0.25) is 0 Å². The molecule has 1 aromatic heterocycles. The van der Waals surface area contributed by atoms with Crippen molar-refractivity contribution >= 4 is 46.0 Å². The maximum Gasteiger partial charge on any atom is 0.296 e. The highest BCUT2D eigenvalue weighted by molar-refractivity contribution is 8.20. The van der Waals surface area contributed by atoms with Crippen molar-refractivity contribution in [3.8, 4) is 22.7 Å². The molecule has 1 aliphatic rings. The first kappa shape index (κ1) is 22.1. The highest BCUT2D eigenvalue weighted by atomic mass is 32.2. The van der Waals surface area contributed by atoms with E-state index in [0.29, 0.717) is 11.6 Å². The van der Waals surface area contributed by atoms with Crippen LogP contribution in [0.3, 0.4) is 0 Å². The van der Waals surface area contributed by atoms with Crippen molar-refractivity contribution in [2.24, 2.45) is 0 Å². The van der Waals surface area contributed by atoms with Crippen LogP contribution in [0.4, 0.5) is 10.5 Å². The van der Waals surface area contributed by atoms with Gasteiger partial charge in [-0.2, -0.15) is 5.10 Å². The molecule has 7 heteroatoms. The van der Waals surface area contributed by atoms with E-state index in [2.05, 4.69) is 0 Å². The van der Waals surface area contributed by atoms with Crippen LogP contribution in [0.25, 0.3) is 23.0 Å². The van der Waals surface area contributed by atoms with E-state index < -0.39 is 0 Å². The zero-order valence-electron chi connectivity index (χ0n) is 18.4. The van der Waals surface area contributed by atoms with E-state index >= 15 is 0 Å². The minimum atomic E-state index is -0.128. The Morgan fingerprint density at radius 3 is 2.29 bits per heavy atom. The molecule has 5 rings (SSSR count). The van der Waals surface area contributed by atoms with Gasteiger partial charge in [0.05, 0.1) is 28.6 Å². The number of rotatable bonds is 6. The minimum Gasteiger partial charge on any atom is -0.494 e. The van der Waals surface area contributed by atoms with Crippen LogP contribution in [-0.2, 0) is 0 Å². The first-order valence-electron chi connectivity index (χ1n) is 10.9. The normalized spacial score (nSPS) is 14.7. The van der Waals surface area contributed by atoms with Crippen LogP contribution >= 0.6 is 24.0 Å². The molecule has 0 aliphatic carbocycles. The van der Waals surface area contributed by atoms with E-state index in [-0.39, 0.29) is 5.24 Å². The zero-order chi connectivity index (χ0) is 23.5. The lowest BCUT2D eigenvalue weighted by molar-refractivity contribution is 0.268. The summed E-state index contributed by atoms with van der Waals surface area (Å²) in [6.45, 7) is 2.52. The molecule has 0 saturated carbocycles. The molecule has 168 valence electrons. The summed E-state index contributed by atoms with van der Waals surface area (Å²) >= 11 is 6.86. The van der Waals surface area contributed by atoms with E-state index in [1.54, 1.807) is 4.90 Å². The molecule has 0 spiro atoms. The van der Waals surface area contributed by atoms with Crippen molar-refractivity contribution in [3.63, 3.8) is 0 Å². The smallest absolute Gasteiger partial charge is 0.296 e. The molecule has 5 nitrogen and oxygen atoms in total. The number of nitrogens with zero attached hydrogens (tertiary/aromatic N) is 3. The standard InChI is InChI=1S/C27H21N3O2S2/c1-2-32-23-15-13-22(14-16-23)30-26(33)24(34-27(30)31)17-20-18-29(21-11-7-4-8-12-21)28-25(20)19-9-5-3-6-10-19/h3-18H,2H2,1H3/b24-17-. The van der Waals surface area contributed by atoms with Crippen molar-refractivity contribution in [3.05, 3.63) is 102 Å². The second-order valence-electron chi connectivity index (χ2n) is 7.52. The summed E-state index contributed by atoms with van der Waals surface area (Å²) in [4.78, 5) is 15.6. The molecule has 0 radical (unpaired) electrons. The zero-order valence-corrected chi connectivity index (χ0v) is 20.1. The summed E-state index contributed by atoms with van der Waals surface area (Å²) in [6, 6.07) is 27.3. The molecule has 34 heavy (non-hydrogen) atoms. The van der Waals surface area contributed by atoms with Crippen molar-refractivity contribution < 1.29 is 9.53 Å². The number of ether oxygens (including phenoxy) is 1. The van der Waals surface area contributed by atoms with Gasteiger partial charge in [0.1, 0.15) is 10.7 Å². The number of hydrogen-bond donors (Lipinski definition) is 0. The highest BCUT2D eigenvalue weighted by Crippen LogP contribution is 2.38. The summed E-state index contributed by atoms with van der Waals surface area (Å²) in [5.74, 6) is 0.757. The van der Waals surface area contributed by atoms with Crippen molar-refractivity contribution in [2.45, 2.75) is 6.92 Å². The maximum atomic E-state index is 12.9. The van der Waals surface area contributed by atoms with Gasteiger partial charge in [-0.1, -0.05) is 60.7 Å². The minimum absolute atomic E-state index is 0.128. The number of para-hydroxylation sites is 1. The van der Waals surface area contributed by atoms with E-state index in [4.69, 9.17) is 22.1 Å². The Bertz CT molecular complexity index is 1360. The average molecular weight is 484 g/mol. The van der Waals surface area contributed by atoms with E-state index in [1.807, 2.05) is 109 Å². The monoisotopic (exact) mass is 483 g/mol. The average Bonchev–Trinajstić information content (AvgIpc) is 3.41. The van der Waals surface area contributed by atoms with Crippen LogP contribution in [-0.4, -0.2) is 26.6 Å². The predicted octanol–water partition coefficient (Wildman–Crippen LogP) is 6.98. The van der Waals surface area contributed by atoms with Crippen molar-refractivity contribution in [2.75, 3.05) is 11.5 Å². The molecule has 3 aromatic carbocycles. The lowest BCUT2D eigenvalue weighted by Gasteiger charge is -2.15. The van der Waals surface area contributed by atoms with Gasteiger partial charge < -0.3 is 4.74 Å². The number of anilines is 1. The third kappa shape index (κ3) is 4.40. The van der Waals surface area contributed by atoms with Crippen LogP contribution in [0.1, 0.15) is 12.5 Å². The molecular formula is C27H21N3O2S2. The molecule has 0 bridgehead atoms. The molecule has 4 aromatic rings. The van der Waals surface area contributed by atoms with Gasteiger partial charge in [0.2, 0.25) is 0 Å². The number of carbonyl (C=O) groups is 1. The fraction of sp³-hybridized carbons (Fsp3) is 0.0741. The maximum absolute atomic E-state index is 12.9. The second kappa shape index (κ2) is 9.67. The van der Waals surface area contributed by atoms with Gasteiger partial charge in [-0.3, -0.25) is 9.69 Å². The number of hydrogen-bond acceptors (Lipinski definition) is 5. The Balaban J connectivity index is 1.52. The highest BCUT2D eigenvalue weighted by Gasteiger charge is 2.33. The van der Waals surface area contributed by atoms with Crippen molar-refractivity contribution in [1.29, 1.82) is 0 Å². The summed E-state index contributed by atoms with van der Waals surface area (Å²) in [6.07, 6.45) is 3.92. The van der Waals surface area contributed by atoms with E-state index in [9.17, 15) is 4.79 Å². The third-order valence-electron chi connectivity index (χ3n) is 5.30. The van der Waals surface area contributed by atoms with Crippen LogP contribution in [0.15, 0.2) is 96.0 Å². The van der Waals surface area contributed by atoms with Gasteiger partial charge in [0.25, 0.3) is 5.24 Å². The van der Waals surface area contributed by atoms with Gasteiger partial charge >= 0.3 is 0 Å². The summed E-state index contributed by atoms with van der Waals surface area (Å²) < 4.78 is 7.36. The van der Waals surface area contributed by atoms with Gasteiger partial charge in [0.15, 0.2) is 0 Å². The Morgan fingerprint density at radius 2 is 1.62 bits per heavy atom. The summed E-state index contributed by atoms with van der Waals surface area (Å²) in [5, 5.41) is 4.72. The second-order valence-corrected chi connectivity index (χ2v) is 8.90. The van der Waals surface area contributed by atoms with E-state index in [0.717, 1.165) is 50.6 Å². The number of amides is 1. The third-order valence-corrected chi connectivity index (χ3v) is 6.72. The first-order chi connectivity index (χ1) is 16.6. The molecule has 1 amide bonds. The Labute approximate surface area is 207 Å². The molecule has 2 heterocycles. The molecule has 0 unspecified atom stereocenters. The predicted molar refractivity (Wildman–Crippen MR) is 143 cm³/mol. The van der Waals surface area contributed by atoms with Crippen LogP contribution in [0, 0.1) is 0 Å². The lowest BCUT2D eigenvalue weighted by atomic mass is 10.1. The number of carbonyl (C=O) groups excluding carboxylic acids is 1. The fourth-order valence-corrected chi connectivity index (χ4v) is 4.99. The molecule has 1 aliphatic heterocycles. The largest absolute Gasteiger partial charge is 0.494 e. The Hall–Kier alpha value is -3.68. The summed E-state index contributed by atoms with van der Waals surface area (Å²) in [7, 11) is 0. The van der Waals surface area contributed by atoms with Gasteiger partial charge in [-0.25, -0.2) is 4.68 Å². The van der Waals surface area contributed by atoms with Crippen molar-refractivity contribution in [1.82, 2.24) is 9.78 Å². The molecular weight excluding hydrogens is 462 g/mol. The molecule has 1 fully saturated rings. The van der Waals surface area contributed by atoms with Crippen LogP contribution < -0.4 is 9.64 Å². The number of benzene rings is 3. The molecule has 0 N–H and O–H groups in total.